The Hall–Kier alpha value is -5.22. The molecule has 0 fully saturated rings. The van der Waals surface area contributed by atoms with Crippen LogP contribution < -0.4 is 19.8 Å². The smallest absolute Gasteiger partial charge is 0.313 e. The van der Waals surface area contributed by atoms with Crippen LogP contribution in [0.4, 0.5) is 5.69 Å². The number of halogens is 1. The first-order valence-electron chi connectivity index (χ1n) is 12.1. The van der Waals surface area contributed by atoms with Crippen LogP contribution in [0.15, 0.2) is 94.8 Å². The van der Waals surface area contributed by atoms with Crippen molar-refractivity contribution in [2.45, 2.75) is 6.61 Å². The fourth-order valence-corrected chi connectivity index (χ4v) is 4.55. The molecule has 40 heavy (non-hydrogen) atoms. The molecule has 2 heterocycles. The summed E-state index contributed by atoms with van der Waals surface area (Å²) in [4.78, 5) is 29.4. The summed E-state index contributed by atoms with van der Waals surface area (Å²) >= 11 is 6.44. The van der Waals surface area contributed by atoms with E-state index in [-0.39, 0.29) is 35.4 Å². The lowest BCUT2D eigenvalue weighted by Crippen LogP contribution is -2.20. The van der Waals surface area contributed by atoms with E-state index >= 15 is 0 Å². The van der Waals surface area contributed by atoms with Crippen LogP contribution in [0, 0.1) is 10.1 Å². The third-order valence-corrected chi connectivity index (χ3v) is 6.45. The molecule has 4 aromatic carbocycles. The van der Waals surface area contributed by atoms with Crippen molar-refractivity contribution in [3.63, 3.8) is 0 Å². The number of nitro groups is 1. The van der Waals surface area contributed by atoms with Crippen LogP contribution in [-0.4, -0.2) is 27.6 Å². The molecule has 1 aromatic heterocycles. The molecular weight excluding hydrogens is 536 g/mol. The quantitative estimate of drug-likeness (QED) is 0.141. The molecule has 0 spiro atoms. The summed E-state index contributed by atoms with van der Waals surface area (Å²) < 4.78 is 17.6. The molecule has 0 unspecified atom stereocenters. The normalized spacial score (nSPS) is 12.2. The van der Waals surface area contributed by atoms with Crippen LogP contribution in [0.3, 0.4) is 0 Å². The predicted octanol–water partition coefficient (Wildman–Crippen LogP) is 5.82. The van der Waals surface area contributed by atoms with Crippen LogP contribution in [-0.2, 0) is 6.61 Å². The van der Waals surface area contributed by atoms with Gasteiger partial charge in [0.1, 0.15) is 6.61 Å². The highest BCUT2D eigenvalue weighted by Crippen LogP contribution is 2.37. The van der Waals surface area contributed by atoms with Crippen LogP contribution in [0.2, 0.25) is 5.02 Å². The number of hydrogen-bond acceptors (Lipinski definition) is 8. The standard InChI is InChI=1S/C29H19ClN4O6/c30-22-12-19(13-24(34(36)37)27(22)38-16-18-10-11-25-26(14-18)40-17-39-25)15-31-33-28(20-6-2-1-3-7-20)32-23-9-5-4-8-21(23)29(33)35/h1-15H,16-17H2. The van der Waals surface area contributed by atoms with E-state index < -0.39 is 4.92 Å². The highest BCUT2D eigenvalue weighted by molar-refractivity contribution is 6.32. The molecule has 0 amide bonds. The molecule has 10 nitrogen and oxygen atoms in total. The number of nitro benzene ring substituents is 1. The van der Waals surface area contributed by atoms with E-state index in [1.165, 1.54) is 23.0 Å². The number of rotatable bonds is 7. The molecule has 0 aliphatic carbocycles. The van der Waals surface area contributed by atoms with Gasteiger partial charge in [-0.05, 0) is 35.9 Å². The molecule has 0 atom stereocenters. The Morgan fingerprint density at radius 3 is 2.62 bits per heavy atom. The zero-order valence-corrected chi connectivity index (χ0v) is 21.4. The lowest BCUT2D eigenvalue weighted by Gasteiger charge is -2.11. The highest BCUT2D eigenvalue weighted by atomic mass is 35.5. The SMILES string of the molecule is O=c1c2ccccc2nc(-c2ccccc2)n1N=Cc1cc(Cl)c(OCc2ccc3c(c2)OCO3)c([N+](=O)[O-])c1. The Kier molecular flexibility index (Phi) is 6.59. The summed E-state index contributed by atoms with van der Waals surface area (Å²) in [6.07, 6.45) is 1.32. The molecule has 0 radical (unpaired) electrons. The van der Waals surface area contributed by atoms with Gasteiger partial charge in [-0.2, -0.15) is 9.78 Å². The van der Waals surface area contributed by atoms with E-state index in [1.54, 1.807) is 42.5 Å². The molecule has 0 bridgehead atoms. The average molecular weight is 555 g/mol. The van der Waals surface area contributed by atoms with Gasteiger partial charge in [-0.25, -0.2) is 4.98 Å². The zero-order chi connectivity index (χ0) is 27.6. The Morgan fingerprint density at radius 1 is 1.02 bits per heavy atom. The van der Waals surface area contributed by atoms with Crippen molar-refractivity contribution < 1.29 is 19.1 Å². The lowest BCUT2D eigenvalue weighted by molar-refractivity contribution is -0.385. The van der Waals surface area contributed by atoms with Gasteiger partial charge in [-0.1, -0.05) is 60.1 Å². The Labute approximate surface area is 231 Å². The van der Waals surface area contributed by atoms with Gasteiger partial charge in [0, 0.05) is 17.2 Å². The van der Waals surface area contributed by atoms with Crippen LogP contribution in [0.5, 0.6) is 17.2 Å². The molecular formula is C29H19ClN4O6. The van der Waals surface area contributed by atoms with Crippen molar-refractivity contribution in [3.8, 4) is 28.6 Å². The highest BCUT2D eigenvalue weighted by Gasteiger charge is 2.22. The van der Waals surface area contributed by atoms with Gasteiger partial charge in [0.25, 0.3) is 5.56 Å². The average Bonchev–Trinajstić information content (AvgIpc) is 3.44. The number of nitrogens with zero attached hydrogens (tertiary/aromatic N) is 4. The van der Waals surface area contributed by atoms with Crippen molar-refractivity contribution in [1.82, 2.24) is 9.66 Å². The predicted molar refractivity (Wildman–Crippen MR) is 149 cm³/mol. The van der Waals surface area contributed by atoms with Crippen molar-refractivity contribution in [2.24, 2.45) is 5.10 Å². The zero-order valence-electron chi connectivity index (χ0n) is 20.7. The second kappa shape index (κ2) is 10.5. The fourth-order valence-electron chi connectivity index (χ4n) is 4.27. The van der Waals surface area contributed by atoms with Gasteiger partial charge in [0.05, 0.1) is 27.1 Å². The first kappa shape index (κ1) is 25.1. The van der Waals surface area contributed by atoms with Gasteiger partial charge in [-0.15, -0.1) is 0 Å². The van der Waals surface area contributed by atoms with Crippen molar-refractivity contribution in [2.75, 3.05) is 6.79 Å². The molecule has 11 heteroatoms. The van der Waals surface area contributed by atoms with E-state index in [1.807, 2.05) is 30.3 Å². The minimum Gasteiger partial charge on any atom is -0.481 e. The van der Waals surface area contributed by atoms with Gasteiger partial charge >= 0.3 is 5.69 Å². The van der Waals surface area contributed by atoms with Crippen molar-refractivity contribution >= 4 is 34.4 Å². The van der Waals surface area contributed by atoms with Crippen LogP contribution >= 0.6 is 11.6 Å². The first-order valence-corrected chi connectivity index (χ1v) is 12.5. The monoisotopic (exact) mass is 554 g/mol. The second-order valence-corrected chi connectivity index (χ2v) is 9.17. The molecule has 5 aromatic rings. The first-order chi connectivity index (χ1) is 19.5. The molecule has 198 valence electrons. The molecule has 0 saturated heterocycles. The number of benzene rings is 4. The maximum Gasteiger partial charge on any atom is 0.313 e. The maximum atomic E-state index is 13.4. The van der Waals surface area contributed by atoms with Gasteiger partial charge < -0.3 is 14.2 Å². The van der Waals surface area contributed by atoms with Gasteiger partial charge in [0.2, 0.25) is 12.5 Å². The number of para-hydroxylation sites is 1. The molecule has 6 rings (SSSR count). The second-order valence-electron chi connectivity index (χ2n) is 8.76. The third-order valence-electron chi connectivity index (χ3n) is 6.17. The summed E-state index contributed by atoms with van der Waals surface area (Å²) in [6.45, 7) is 0.150. The third kappa shape index (κ3) is 4.83. The minimum absolute atomic E-state index is 0.0171. The van der Waals surface area contributed by atoms with Crippen LogP contribution in [0.1, 0.15) is 11.1 Å². The van der Waals surface area contributed by atoms with Crippen LogP contribution in [0.25, 0.3) is 22.3 Å². The Balaban J connectivity index is 1.35. The summed E-state index contributed by atoms with van der Waals surface area (Å²) in [7, 11) is 0. The molecule has 0 N–H and O–H groups in total. The minimum atomic E-state index is -0.586. The van der Waals surface area contributed by atoms with Gasteiger partial charge in [-0.3, -0.25) is 14.9 Å². The Morgan fingerprint density at radius 2 is 1.80 bits per heavy atom. The van der Waals surface area contributed by atoms with E-state index in [0.717, 1.165) is 5.56 Å². The maximum absolute atomic E-state index is 13.4. The Bertz CT molecular complexity index is 1860. The number of aromatic nitrogens is 2. The fraction of sp³-hybridized carbons (Fsp3) is 0.0690. The van der Waals surface area contributed by atoms with Crippen molar-refractivity contribution in [3.05, 3.63) is 122 Å². The van der Waals surface area contributed by atoms with E-state index in [4.69, 9.17) is 25.8 Å². The van der Waals surface area contributed by atoms with E-state index in [9.17, 15) is 14.9 Å². The lowest BCUT2D eigenvalue weighted by atomic mass is 10.2. The van der Waals surface area contributed by atoms with Gasteiger partial charge in [0.15, 0.2) is 17.3 Å². The van der Waals surface area contributed by atoms with E-state index in [2.05, 4.69) is 10.1 Å². The summed E-state index contributed by atoms with van der Waals surface area (Å²) in [6, 6.07) is 24.1. The van der Waals surface area contributed by atoms with E-state index in [0.29, 0.717) is 39.4 Å². The molecule has 1 aliphatic heterocycles. The molecule has 0 saturated carbocycles. The summed E-state index contributed by atoms with van der Waals surface area (Å²) in [5.74, 6) is 1.43. The summed E-state index contributed by atoms with van der Waals surface area (Å²) in [5.41, 5.74) is 1.49. The largest absolute Gasteiger partial charge is 0.481 e. The number of hydrogen-bond donors (Lipinski definition) is 0. The van der Waals surface area contributed by atoms with Crippen molar-refractivity contribution in [1.29, 1.82) is 0 Å². The summed E-state index contributed by atoms with van der Waals surface area (Å²) in [5, 5.41) is 16.7. The number of fused-ring (bicyclic) bond motifs is 2. The topological polar surface area (TPSA) is 118 Å². The number of ether oxygens (including phenoxy) is 3. The molecule has 1 aliphatic rings.